The second kappa shape index (κ2) is 6.07. The maximum Gasteiger partial charge on any atom is 0.228 e. The molecule has 2 heterocycles. The molecule has 1 aromatic carbocycles. The van der Waals surface area contributed by atoms with Crippen LogP contribution < -0.4 is 4.90 Å². The molecule has 2 aromatic rings. The van der Waals surface area contributed by atoms with Crippen LogP contribution >= 0.6 is 11.3 Å². The third-order valence-corrected chi connectivity index (χ3v) is 4.65. The van der Waals surface area contributed by atoms with E-state index in [1.807, 2.05) is 13.0 Å². The second-order valence-corrected chi connectivity index (χ2v) is 6.09. The first-order chi connectivity index (χ1) is 10.2. The van der Waals surface area contributed by atoms with Crippen molar-refractivity contribution in [3.05, 3.63) is 24.0 Å². The number of carbonyl (C=O) groups is 1. The Morgan fingerprint density at radius 3 is 3.10 bits per heavy atom. The maximum atomic E-state index is 13.8. The predicted octanol–water partition coefficient (Wildman–Crippen LogP) is 3.36. The Labute approximate surface area is 126 Å². The van der Waals surface area contributed by atoms with E-state index in [0.717, 1.165) is 24.1 Å². The molecule has 4 nitrogen and oxygen atoms in total. The first kappa shape index (κ1) is 14.4. The fourth-order valence-electron chi connectivity index (χ4n) is 2.49. The number of rotatable bonds is 4. The van der Waals surface area contributed by atoms with Crippen molar-refractivity contribution in [2.75, 3.05) is 18.1 Å². The van der Waals surface area contributed by atoms with E-state index >= 15 is 0 Å². The van der Waals surface area contributed by atoms with E-state index in [9.17, 15) is 9.18 Å². The quantitative estimate of drug-likeness (QED) is 0.870. The molecule has 112 valence electrons. The van der Waals surface area contributed by atoms with E-state index in [1.54, 1.807) is 11.0 Å². The average Bonchev–Trinajstić information content (AvgIpc) is 3.13. The van der Waals surface area contributed by atoms with Gasteiger partial charge in [-0.15, -0.1) is 0 Å². The highest BCUT2D eigenvalue weighted by atomic mass is 32.1. The van der Waals surface area contributed by atoms with Crippen molar-refractivity contribution < 1.29 is 13.9 Å². The van der Waals surface area contributed by atoms with Gasteiger partial charge in [0.2, 0.25) is 5.91 Å². The summed E-state index contributed by atoms with van der Waals surface area (Å²) in [6.45, 7) is 3.06. The summed E-state index contributed by atoms with van der Waals surface area (Å²) in [6, 6.07) is 4.86. The zero-order chi connectivity index (χ0) is 14.8. The molecule has 1 unspecified atom stereocenters. The largest absolute Gasteiger partial charge is 0.376 e. The van der Waals surface area contributed by atoms with Crippen LogP contribution in [-0.4, -0.2) is 30.1 Å². The van der Waals surface area contributed by atoms with Gasteiger partial charge in [0.05, 0.1) is 17.3 Å². The summed E-state index contributed by atoms with van der Waals surface area (Å²) in [5, 5.41) is 0.553. The molecule has 21 heavy (non-hydrogen) atoms. The third-order valence-electron chi connectivity index (χ3n) is 3.60. The zero-order valence-corrected chi connectivity index (χ0v) is 12.7. The lowest BCUT2D eigenvalue weighted by molar-refractivity contribution is -0.118. The van der Waals surface area contributed by atoms with Crippen molar-refractivity contribution in [1.29, 1.82) is 0 Å². The van der Waals surface area contributed by atoms with E-state index in [2.05, 4.69) is 4.98 Å². The second-order valence-electron chi connectivity index (χ2n) is 5.08. The van der Waals surface area contributed by atoms with E-state index < -0.39 is 0 Å². The monoisotopic (exact) mass is 308 g/mol. The maximum absolute atomic E-state index is 13.8. The molecule has 1 atom stereocenters. The minimum Gasteiger partial charge on any atom is -0.376 e. The number of nitrogens with zero attached hydrogens (tertiary/aromatic N) is 2. The number of halogens is 1. The molecule has 0 bridgehead atoms. The SMILES string of the molecule is CCC(=O)N(CC1CCCO1)c1nc2c(F)cccc2s1. The number of aromatic nitrogens is 1. The number of ether oxygens (including phenoxy) is 1. The molecule has 1 amide bonds. The molecule has 1 saturated heterocycles. The summed E-state index contributed by atoms with van der Waals surface area (Å²) >= 11 is 1.35. The van der Waals surface area contributed by atoms with E-state index in [1.165, 1.54) is 17.4 Å². The van der Waals surface area contributed by atoms with Crippen LogP contribution in [-0.2, 0) is 9.53 Å². The molecular weight excluding hydrogens is 291 g/mol. The van der Waals surface area contributed by atoms with E-state index in [4.69, 9.17) is 4.74 Å². The van der Waals surface area contributed by atoms with Gasteiger partial charge in [0.15, 0.2) is 5.13 Å². The average molecular weight is 308 g/mol. The Morgan fingerprint density at radius 1 is 1.57 bits per heavy atom. The van der Waals surface area contributed by atoms with Gasteiger partial charge in [-0.3, -0.25) is 9.69 Å². The number of carbonyl (C=O) groups excluding carboxylic acids is 1. The van der Waals surface area contributed by atoms with Gasteiger partial charge in [-0.25, -0.2) is 9.37 Å². The number of benzene rings is 1. The summed E-state index contributed by atoms with van der Waals surface area (Å²) in [6.07, 6.45) is 2.42. The number of amides is 1. The lowest BCUT2D eigenvalue weighted by Gasteiger charge is -2.22. The van der Waals surface area contributed by atoms with Crippen molar-refractivity contribution in [1.82, 2.24) is 4.98 Å². The summed E-state index contributed by atoms with van der Waals surface area (Å²) in [4.78, 5) is 18.2. The molecule has 0 radical (unpaired) electrons. The van der Waals surface area contributed by atoms with Crippen LogP contribution in [0.25, 0.3) is 10.2 Å². The van der Waals surface area contributed by atoms with Crippen LogP contribution in [0.3, 0.4) is 0 Å². The van der Waals surface area contributed by atoms with E-state index in [-0.39, 0.29) is 17.8 Å². The van der Waals surface area contributed by atoms with Crippen molar-refractivity contribution in [2.45, 2.75) is 32.3 Å². The number of hydrogen-bond acceptors (Lipinski definition) is 4. The van der Waals surface area contributed by atoms with Crippen molar-refractivity contribution in [2.24, 2.45) is 0 Å². The van der Waals surface area contributed by atoms with Gasteiger partial charge in [-0.2, -0.15) is 0 Å². The molecule has 0 N–H and O–H groups in total. The molecule has 3 rings (SSSR count). The fourth-order valence-corrected chi connectivity index (χ4v) is 3.49. The van der Waals surface area contributed by atoms with E-state index in [0.29, 0.717) is 23.6 Å². The van der Waals surface area contributed by atoms with Gasteiger partial charge < -0.3 is 4.74 Å². The summed E-state index contributed by atoms with van der Waals surface area (Å²) in [5.41, 5.74) is 0.332. The molecule has 6 heteroatoms. The lowest BCUT2D eigenvalue weighted by Crippen LogP contribution is -2.37. The predicted molar refractivity (Wildman–Crippen MR) is 81.2 cm³/mol. The van der Waals surface area contributed by atoms with Crippen LogP contribution in [0.15, 0.2) is 18.2 Å². The molecule has 0 saturated carbocycles. The van der Waals surface area contributed by atoms with Gasteiger partial charge in [0, 0.05) is 13.0 Å². The van der Waals surface area contributed by atoms with Crippen molar-refractivity contribution >= 4 is 32.6 Å². The molecule has 1 fully saturated rings. The Morgan fingerprint density at radius 2 is 2.43 bits per heavy atom. The molecule has 0 aliphatic carbocycles. The summed E-state index contributed by atoms with van der Waals surface area (Å²) in [5.74, 6) is -0.360. The van der Waals surface area contributed by atoms with Gasteiger partial charge in [0.25, 0.3) is 0 Å². The highest BCUT2D eigenvalue weighted by molar-refractivity contribution is 7.22. The van der Waals surface area contributed by atoms with Crippen LogP contribution in [0, 0.1) is 5.82 Å². The number of hydrogen-bond donors (Lipinski definition) is 0. The highest BCUT2D eigenvalue weighted by Crippen LogP contribution is 2.31. The number of anilines is 1. The minimum atomic E-state index is -0.351. The Kier molecular flexibility index (Phi) is 4.17. The molecular formula is C15H17FN2O2S. The fraction of sp³-hybridized carbons (Fsp3) is 0.467. The smallest absolute Gasteiger partial charge is 0.228 e. The third kappa shape index (κ3) is 2.91. The first-order valence-electron chi connectivity index (χ1n) is 7.16. The molecule has 1 aromatic heterocycles. The topological polar surface area (TPSA) is 42.4 Å². The van der Waals surface area contributed by atoms with Crippen molar-refractivity contribution in [3.8, 4) is 0 Å². The molecule has 1 aliphatic rings. The first-order valence-corrected chi connectivity index (χ1v) is 7.97. The summed E-state index contributed by atoms with van der Waals surface area (Å²) < 4.78 is 20.1. The number of thiazole rings is 1. The van der Waals surface area contributed by atoms with Crippen LogP contribution in [0.4, 0.5) is 9.52 Å². The minimum absolute atomic E-state index is 0.00929. The molecule has 0 spiro atoms. The lowest BCUT2D eigenvalue weighted by atomic mass is 10.2. The standard InChI is InChI=1S/C15H17FN2O2S/c1-2-13(19)18(9-10-5-4-8-20-10)15-17-14-11(16)6-3-7-12(14)21-15/h3,6-7,10H,2,4-5,8-9H2,1H3. The number of para-hydroxylation sites is 1. The van der Waals surface area contributed by atoms with Gasteiger partial charge in [-0.1, -0.05) is 24.3 Å². The Bertz CT molecular complexity index is 652. The van der Waals surface area contributed by atoms with Crippen LogP contribution in [0.1, 0.15) is 26.2 Å². The van der Waals surface area contributed by atoms with Gasteiger partial charge in [0.1, 0.15) is 11.3 Å². The zero-order valence-electron chi connectivity index (χ0n) is 11.8. The Balaban J connectivity index is 1.93. The Hall–Kier alpha value is -1.53. The van der Waals surface area contributed by atoms with Gasteiger partial charge in [-0.05, 0) is 25.0 Å². The van der Waals surface area contributed by atoms with Crippen molar-refractivity contribution in [3.63, 3.8) is 0 Å². The van der Waals surface area contributed by atoms with Crippen LogP contribution in [0.2, 0.25) is 0 Å². The molecule has 1 aliphatic heterocycles. The summed E-state index contributed by atoms with van der Waals surface area (Å²) in [7, 11) is 0. The number of fused-ring (bicyclic) bond motifs is 1. The van der Waals surface area contributed by atoms with Gasteiger partial charge >= 0.3 is 0 Å². The normalized spacial score (nSPS) is 18.3. The van der Waals surface area contributed by atoms with Crippen LogP contribution in [0.5, 0.6) is 0 Å². The highest BCUT2D eigenvalue weighted by Gasteiger charge is 2.25.